The van der Waals surface area contributed by atoms with Gasteiger partial charge in [-0.2, -0.15) is 8.42 Å². The standard InChI is InChI=1S/C16H34O.H2O4S/c1-4-5-6-7-8-9-10-12-15(2)13-11-14-16(3)17;1-5(2,3)4/h15-17H,4-14H2,1-3H3;(H2,1,2,3,4). The van der Waals surface area contributed by atoms with E-state index in [2.05, 4.69) is 13.8 Å². The lowest BCUT2D eigenvalue weighted by molar-refractivity contribution is 0.178. The third-order valence-electron chi connectivity index (χ3n) is 3.62. The third kappa shape index (κ3) is 32.0. The topological polar surface area (TPSA) is 94.8 Å². The molecule has 0 amide bonds. The molecule has 3 N–H and O–H groups in total. The Labute approximate surface area is 137 Å². The van der Waals surface area contributed by atoms with E-state index in [1.807, 2.05) is 6.92 Å². The second-order valence-corrected chi connectivity index (χ2v) is 7.14. The van der Waals surface area contributed by atoms with Crippen molar-refractivity contribution >= 4 is 10.4 Å². The number of unbranched alkanes of at least 4 members (excludes halogenated alkanes) is 6. The molecular weight excluding hydrogens is 304 g/mol. The molecule has 0 aromatic heterocycles. The Kier molecular flexibility index (Phi) is 17.2. The van der Waals surface area contributed by atoms with Crippen LogP contribution in [0.5, 0.6) is 0 Å². The zero-order valence-electron chi connectivity index (χ0n) is 14.5. The Balaban J connectivity index is 0. The smallest absolute Gasteiger partial charge is 0.393 e. The van der Waals surface area contributed by atoms with Gasteiger partial charge in [-0.1, -0.05) is 78.1 Å². The molecule has 0 radical (unpaired) electrons. The highest BCUT2D eigenvalue weighted by atomic mass is 32.3. The summed E-state index contributed by atoms with van der Waals surface area (Å²) in [4.78, 5) is 0. The van der Waals surface area contributed by atoms with Crippen LogP contribution in [0.3, 0.4) is 0 Å². The first-order chi connectivity index (χ1) is 10.2. The largest absolute Gasteiger partial charge is 0.394 e. The minimum atomic E-state index is -4.67. The summed E-state index contributed by atoms with van der Waals surface area (Å²) in [5, 5.41) is 9.18. The van der Waals surface area contributed by atoms with Crippen LogP contribution in [0.4, 0.5) is 0 Å². The van der Waals surface area contributed by atoms with Gasteiger partial charge in [0, 0.05) is 0 Å². The summed E-state index contributed by atoms with van der Waals surface area (Å²) in [6.45, 7) is 6.52. The molecule has 22 heavy (non-hydrogen) atoms. The zero-order chi connectivity index (χ0) is 17.4. The Hall–Kier alpha value is -0.170. The molecule has 0 rings (SSSR count). The molecule has 136 valence electrons. The predicted molar refractivity (Wildman–Crippen MR) is 91.5 cm³/mol. The lowest BCUT2D eigenvalue weighted by Gasteiger charge is -2.11. The van der Waals surface area contributed by atoms with Gasteiger partial charge in [-0.25, -0.2) is 0 Å². The van der Waals surface area contributed by atoms with Crippen LogP contribution in [0.15, 0.2) is 0 Å². The molecule has 0 saturated heterocycles. The van der Waals surface area contributed by atoms with Crippen molar-refractivity contribution in [2.45, 2.75) is 97.5 Å². The molecule has 0 aromatic rings. The fraction of sp³-hybridized carbons (Fsp3) is 1.00. The van der Waals surface area contributed by atoms with Gasteiger partial charge in [-0.05, 0) is 19.3 Å². The van der Waals surface area contributed by atoms with E-state index in [0.717, 1.165) is 12.3 Å². The van der Waals surface area contributed by atoms with E-state index in [0.29, 0.717) is 0 Å². The van der Waals surface area contributed by atoms with E-state index in [1.165, 1.54) is 64.2 Å². The highest BCUT2D eigenvalue weighted by Crippen LogP contribution is 2.17. The lowest BCUT2D eigenvalue weighted by Crippen LogP contribution is -2.01. The van der Waals surface area contributed by atoms with E-state index < -0.39 is 10.4 Å². The number of hydrogen-bond acceptors (Lipinski definition) is 3. The Morgan fingerprint density at radius 3 is 1.64 bits per heavy atom. The van der Waals surface area contributed by atoms with Crippen LogP contribution in [0, 0.1) is 5.92 Å². The molecule has 0 aliphatic heterocycles. The molecule has 0 aromatic carbocycles. The van der Waals surface area contributed by atoms with Crippen molar-refractivity contribution in [2.75, 3.05) is 0 Å². The molecule has 0 aliphatic rings. The van der Waals surface area contributed by atoms with Crippen LogP contribution in [0.25, 0.3) is 0 Å². The maximum absolute atomic E-state index is 9.18. The van der Waals surface area contributed by atoms with Crippen molar-refractivity contribution in [2.24, 2.45) is 5.92 Å². The van der Waals surface area contributed by atoms with Crippen molar-refractivity contribution in [1.29, 1.82) is 0 Å². The first-order valence-electron chi connectivity index (χ1n) is 8.54. The quantitative estimate of drug-likeness (QED) is 0.355. The van der Waals surface area contributed by atoms with E-state index >= 15 is 0 Å². The summed E-state index contributed by atoms with van der Waals surface area (Å²) >= 11 is 0. The van der Waals surface area contributed by atoms with Crippen LogP contribution in [-0.4, -0.2) is 28.7 Å². The van der Waals surface area contributed by atoms with E-state index in [9.17, 15) is 5.11 Å². The maximum atomic E-state index is 9.18. The van der Waals surface area contributed by atoms with Crippen LogP contribution in [0.2, 0.25) is 0 Å². The molecule has 2 atom stereocenters. The molecular formula is C16H36O5S. The predicted octanol–water partition coefficient (Wildman–Crippen LogP) is 4.66. The zero-order valence-corrected chi connectivity index (χ0v) is 15.3. The minimum absolute atomic E-state index is 0.110. The average molecular weight is 341 g/mol. The van der Waals surface area contributed by atoms with Crippen molar-refractivity contribution in [3.63, 3.8) is 0 Å². The molecule has 2 unspecified atom stereocenters. The van der Waals surface area contributed by atoms with Gasteiger partial charge in [0.25, 0.3) is 0 Å². The summed E-state index contributed by atoms with van der Waals surface area (Å²) < 4.78 is 31.6. The third-order valence-corrected chi connectivity index (χ3v) is 3.62. The summed E-state index contributed by atoms with van der Waals surface area (Å²) in [6.07, 6.45) is 14.6. The molecule has 0 spiro atoms. The number of hydrogen-bond donors (Lipinski definition) is 3. The molecule has 0 aliphatic carbocycles. The molecule has 5 nitrogen and oxygen atoms in total. The second-order valence-electron chi connectivity index (χ2n) is 6.24. The van der Waals surface area contributed by atoms with Gasteiger partial charge in [0.2, 0.25) is 0 Å². The van der Waals surface area contributed by atoms with E-state index in [-0.39, 0.29) is 6.10 Å². The molecule has 0 bridgehead atoms. The van der Waals surface area contributed by atoms with Crippen LogP contribution in [-0.2, 0) is 10.4 Å². The lowest BCUT2D eigenvalue weighted by atomic mass is 9.96. The fourth-order valence-electron chi connectivity index (χ4n) is 2.36. The van der Waals surface area contributed by atoms with Gasteiger partial charge in [0.1, 0.15) is 0 Å². The summed E-state index contributed by atoms with van der Waals surface area (Å²) in [7, 11) is -4.67. The first-order valence-corrected chi connectivity index (χ1v) is 9.94. The monoisotopic (exact) mass is 340 g/mol. The summed E-state index contributed by atoms with van der Waals surface area (Å²) in [6, 6.07) is 0. The maximum Gasteiger partial charge on any atom is 0.394 e. The molecule has 6 heteroatoms. The van der Waals surface area contributed by atoms with Gasteiger partial charge in [0.05, 0.1) is 6.10 Å². The molecule has 0 saturated carbocycles. The summed E-state index contributed by atoms with van der Waals surface area (Å²) in [5.74, 6) is 0.851. The van der Waals surface area contributed by atoms with Crippen molar-refractivity contribution in [3.05, 3.63) is 0 Å². The van der Waals surface area contributed by atoms with Gasteiger partial charge in [-0.3, -0.25) is 9.11 Å². The normalized spacial score (nSPS) is 14.1. The van der Waals surface area contributed by atoms with Crippen molar-refractivity contribution in [3.8, 4) is 0 Å². The van der Waals surface area contributed by atoms with Gasteiger partial charge < -0.3 is 5.11 Å². The summed E-state index contributed by atoms with van der Waals surface area (Å²) in [5.41, 5.74) is 0. The second kappa shape index (κ2) is 15.7. The fourth-order valence-corrected chi connectivity index (χ4v) is 2.36. The molecule has 0 heterocycles. The van der Waals surface area contributed by atoms with Gasteiger partial charge in [0.15, 0.2) is 0 Å². The average Bonchev–Trinajstić information content (AvgIpc) is 2.35. The highest BCUT2D eigenvalue weighted by Gasteiger charge is 2.03. The first kappa shape index (κ1) is 24.1. The van der Waals surface area contributed by atoms with Gasteiger partial charge >= 0.3 is 10.4 Å². The number of aliphatic hydroxyl groups excluding tert-OH is 1. The Bertz CT molecular complexity index is 306. The Morgan fingerprint density at radius 1 is 0.773 bits per heavy atom. The minimum Gasteiger partial charge on any atom is -0.393 e. The van der Waals surface area contributed by atoms with Crippen molar-refractivity contribution < 1.29 is 22.6 Å². The highest BCUT2D eigenvalue weighted by molar-refractivity contribution is 7.79. The SMILES string of the molecule is CCCCCCCCCC(C)CCCC(C)O.O=S(=O)(O)O. The number of aliphatic hydroxyl groups is 1. The van der Waals surface area contributed by atoms with E-state index in [1.54, 1.807) is 0 Å². The van der Waals surface area contributed by atoms with Crippen LogP contribution >= 0.6 is 0 Å². The van der Waals surface area contributed by atoms with Gasteiger partial charge in [-0.15, -0.1) is 0 Å². The van der Waals surface area contributed by atoms with E-state index in [4.69, 9.17) is 17.5 Å². The van der Waals surface area contributed by atoms with Crippen molar-refractivity contribution in [1.82, 2.24) is 0 Å². The Morgan fingerprint density at radius 2 is 1.18 bits per heavy atom. The number of rotatable bonds is 12. The molecule has 0 fully saturated rings. The van der Waals surface area contributed by atoms with Crippen LogP contribution < -0.4 is 0 Å². The van der Waals surface area contributed by atoms with Crippen LogP contribution in [0.1, 0.15) is 91.4 Å².